The maximum Gasteiger partial charge on any atom is 0.432 e. The van der Waals surface area contributed by atoms with Gasteiger partial charge in [0.1, 0.15) is 5.70 Å². The number of guanidine groups is 1. The number of allylic oxidation sites excluding steroid dienone is 1. The SMILES string of the molecule is C=C(C)COC/C(C)=N/C(=N\C(=C)C(F)(F)F)N(CC)CCCC. The topological polar surface area (TPSA) is 37.2 Å². The van der Waals surface area contributed by atoms with Crippen molar-refractivity contribution >= 4 is 11.7 Å². The zero-order chi connectivity index (χ0) is 18.8. The predicted octanol–water partition coefficient (Wildman–Crippen LogP) is 4.59. The highest BCUT2D eigenvalue weighted by molar-refractivity contribution is 5.97. The van der Waals surface area contributed by atoms with Crippen LogP contribution in [0.25, 0.3) is 0 Å². The normalized spacial score (nSPS) is 13.1. The average molecular weight is 347 g/mol. The average Bonchev–Trinajstić information content (AvgIpc) is 2.46. The van der Waals surface area contributed by atoms with E-state index in [1.165, 1.54) is 0 Å². The molecule has 0 spiro atoms. The lowest BCUT2D eigenvalue weighted by molar-refractivity contribution is -0.0920. The first-order valence-electron chi connectivity index (χ1n) is 7.97. The van der Waals surface area contributed by atoms with Crippen LogP contribution in [0.4, 0.5) is 13.2 Å². The fourth-order valence-electron chi connectivity index (χ4n) is 1.67. The van der Waals surface area contributed by atoms with E-state index in [0.29, 0.717) is 25.4 Å². The van der Waals surface area contributed by atoms with Crippen molar-refractivity contribution in [2.24, 2.45) is 9.98 Å². The molecular formula is C17H28F3N3O. The summed E-state index contributed by atoms with van der Waals surface area (Å²) < 4.78 is 43.6. The van der Waals surface area contributed by atoms with Crippen molar-refractivity contribution in [3.8, 4) is 0 Å². The summed E-state index contributed by atoms with van der Waals surface area (Å²) in [7, 11) is 0. The van der Waals surface area contributed by atoms with Crippen LogP contribution in [0.1, 0.15) is 40.5 Å². The van der Waals surface area contributed by atoms with Gasteiger partial charge in [-0.2, -0.15) is 13.2 Å². The minimum Gasteiger partial charge on any atom is -0.371 e. The van der Waals surface area contributed by atoms with Gasteiger partial charge >= 0.3 is 6.18 Å². The minimum atomic E-state index is -4.57. The quantitative estimate of drug-likeness (QED) is 0.347. The molecule has 0 rings (SSSR count). The van der Waals surface area contributed by atoms with E-state index in [-0.39, 0.29) is 12.6 Å². The Bertz CT molecular complexity index is 482. The lowest BCUT2D eigenvalue weighted by atomic mass is 10.3. The van der Waals surface area contributed by atoms with Gasteiger partial charge in [-0.15, -0.1) is 0 Å². The van der Waals surface area contributed by atoms with Gasteiger partial charge in [-0.25, -0.2) is 9.98 Å². The molecule has 0 N–H and O–H groups in total. The Morgan fingerprint density at radius 3 is 2.17 bits per heavy atom. The molecule has 7 heteroatoms. The number of rotatable bonds is 9. The van der Waals surface area contributed by atoms with Crippen molar-refractivity contribution in [2.45, 2.75) is 46.7 Å². The molecule has 0 aromatic carbocycles. The molecule has 0 unspecified atom stereocenters. The highest BCUT2D eigenvalue weighted by Crippen LogP contribution is 2.25. The van der Waals surface area contributed by atoms with Crippen molar-refractivity contribution in [3.05, 3.63) is 24.4 Å². The molecule has 138 valence electrons. The van der Waals surface area contributed by atoms with Gasteiger partial charge in [0.15, 0.2) is 0 Å². The number of alkyl halides is 3. The summed E-state index contributed by atoms with van der Waals surface area (Å²) in [6.45, 7) is 15.8. The zero-order valence-corrected chi connectivity index (χ0v) is 15.0. The molecule has 0 amide bonds. The smallest absolute Gasteiger partial charge is 0.371 e. The van der Waals surface area contributed by atoms with Gasteiger partial charge in [-0.3, -0.25) is 0 Å². The fourth-order valence-corrected chi connectivity index (χ4v) is 1.67. The summed E-state index contributed by atoms with van der Waals surface area (Å²) in [5, 5.41) is 0. The summed E-state index contributed by atoms with van der Waals surface area (Å²) in [5.74, 6) is 0.0182. The van der Waals surface area contributed by atoms with Gasteiger partial charge in [0, 0.05) is 18.8 Å². The first-order chi connectivity index (χ1) is 11.1. The van der Waals surface area contributed by atoms with E-state index in [9.17, 15) is 13.2 Å². The Balaban J connectivity index is 5.33. The van der Waals surface area contributed by atoms with Crippen molar-refractivity contribution in [1.82, 2.24) is 4.90 Å². The van der Waals surface area contributed by atoms with Crippen molar-refractivity contribution in [3.63, 3.8) is 0 Å². The number of nitrogens with zero attached hydrogens (tertiary/aromatic N) is 3. The molecule has 0 radical (unpaired) electrons. The Kier molecular flexibility index (Phi) is 10.3. The van der Waals surface area contributed by atoms with Gasteiger partial charge in [-0.05, 0) is 27.2 Å². The maximum absolute atomic E-state index is 12.7. The summed E-state index contributed by atoms with van der Waals surface area (Å²) in [6.07, 6.45) is -2.81. The highest BCUT2D eigenvalue weighted by atomic mass is 19.4. The number of halogens is 3. The molecule has 0 saturated heterocycles. The van der Waals surface area contributed by atoms with E-state index < -0.39 is 11.9 Å². The van der Waals surface area contributed by atoms with Crippen LogP contribution in [0.5, 0.6) is 0 Å². The van der Waals surface area contributed by atoms with E-state index >= 15 is 0 Å². The van der Waals surface area contributed by atoms with Crippen LogP contribution in [-0.4, -0.2) is 49.1 Å². The molecule has 0 atom stereocenters. The van der Waals surface area contributed by atoms with Gasteiger partial charge in [-0.1, -0.05) is 32.1 Å². The second-order valence-corrected chi connectivity index (χ2v) is 5.59. The molecule has 0 fully saturated rings. The third-order valence-electron chi connectivity index (χ3n) is 2.96. The summed E-state index contributed by atoms with van der Waals surface area (Å²) in [4.78, 5) is 9.56. The Morgan fingerprint density at radius 1 is 1.08 bits per heavy atom. The number of hydrogen-bond acceptors (Lipinski definition) is 2. The second-order valence-electron chi connectivity index (χ2n) is 5.59. The molecule has 4 nitrogen and oxygen atoms in total. The molecule has 0 aliphatic heterocycles. The third kappa shape index (κ3) is 9.50. The molecular weight excluding hydrogens is 319 g/mol. The van der Waals surface area contributed by atoms with Gasteiger partial charge in [0.25, 0.3) is 0 Å². The van der Waals surface area contributed by atoms with Crippen LogP contribution < -0.4 is 0 Å². The summed E-state index contributed by atoms with van der Waals surface area (Å²) in [6, 6.07) is 0. The van der Waals surface area contributed by atoms with Crippen molar-refractivity contribution in [1.29, 1.82) is 0 Å². The second kappa shape index (κ2) is 11.0. The molecule has 0 saturated carbocycles. The van der Waals surface area contributed by atoms with Crippen molar-refractivity contribution in [2.75, 3.05) is 26.3 Å². The van der Waals surface area contributed by atoms with E-state index in [0.717, 1.165) is 18.4 Å². The van der Waals surface area contributed by atoms with E-state index in [1.807, 2.05) is 20.8 Å². The van der Waals surface area contributed by atoms with Crippen LogP contribution in [0, 0.1) is 0 Å². The van der Waals surface area contributed by atoms with Crippen LogP contribution in [-0.2, 0) is 4.74 Å². The molecule has 0 aromatic heterocycles. The molecule has 0 aliphatic carbocycles. The van der Waals surface area contributed by atoms with E-state index in [1.54, 1.807) is 11.8 Å². The standard InChI is InChI=1S/C17H28F3N3O/c1-7-9-10-23(8-2)16(22-15(6)17(18,19)20)21-14(5)12-24-11-13(3)4/h3,6-12H2,1-2,4-5H3/b21-14+,22-16+. The Labute approximate surface area is 142 Å². The molecule has 0 heterocycles. The van der Waals surface area contributed by atoms with Crippen molar-refractivity contribution < 1.29 is 17.9 Å². The van der Waals surface area contributed by atoms with Gasteiger partial charge in [0.2, 0.25) is 5.96 Å². The highest BCUT2D eigenvalue weighted by Gasteiger charge is 2.32. The summed E-state index contributed by atoms with van der Waals surface area (Å²) >= 11 is 0. The molecule has 24 heavy (non-hydrogen) atoms. The number of hydrogen-bond donors (Lipinski definition) is 0. The summed E-state index contributed by atoms with van der Waals surface area (Å²) in [5.41, 5.74) is 0.243. The van der Waals surface area contributed by atoms with Gasteiger partial charge < -0.3 is 9.64 Å². The monoisotopic (exact) mass is 347 g/mol. The van der Waals surface area contributed by atoms with E-state index in [4.69, 9.17) is 4.74 Å². The minimum absolute atomic E-state index is 0.0182. The number of unbranched alkanes of at least 4 members (excludes halogenated alkanes) is 1. The lowest BCUT2D eigenvalue weighted by Crippen LogP contribution is -2.32. The first-order valence-corrected chi connectivity index (χ1v) is 7.97. The molecule has 0 aromatic rings. The Hall–Kier alpha value is -1.63. The van der Waals surface area contributed by atoms with Crippen LogP contribution in [0.2, 0.25) is 0 Å². The molecule has 0 bridgehead atoms. The third-order valence-corrected chi connectivity index (χ3v) is 2.96. The fraction of sp³-hybridized carbons (Fsp3) is 0.647. The van der Waals surface area contributed by atoms with E-state index in [2.05, 4.69) is 23.1 Å². The maximum atomic E-state index is 12.7. The lowest BCUT2D eigenvalue weighted by Gasteiger charge is -2.22. The van der Waals surface area contributed by atoms with Crippen LogP contribution in [0.15, 0.2) is 34.4 Å². The molecule has 0 aliphatic rings. The predicted molar refractivity (Wildman–Crippen MR) is 93.5 cm³/mol. The van der Waals surface area contributed by atoms with Crippen LogP contribution >= 0.6 is 0 Å². The van der Waals surface area contributed by atoms with Gasteiger partial charge in [0.05, 0.1) is 13.2 Å². The number of aliphatic imine (C=N–C) groups is 2. The zero-order valence-electron chi connectivity index (χ0n) is 15.0. The van der Waals surface area contributed by atoms with Crippen LogP contribution in [0.3, 0.4) is 0 Å². The number of ether oxygens (including phenoxy) is 1. The largest absolute Gasteiger partial charge is 0.432 e. The first kappa shape index (κ1) is 22.4. The Morgan fingerprint density at radius 2 is 1.71 bits per heavy atom.